The zero-order valence-corrected chi connectivity index (χ0v) is 16.3. The zero-order chi connectivity index (χ0) is 19.7. The zero-order valence-electron chi connectivity index (χ0n) is 15.5. The Morgan fingerprint density at radius 2 is 1.88 bits per heavy atom. The van der Waals surface area contributed by atoms with E-state index in [4.69, 9.17) is 0 Å². The van der Waals surface area contributed by atoms with Gasteiger partial charge in [0.25, 0.3) is 15.9 Å². The van der Waals surface area contributed by atoms with Crippen molar-refractivity contribution in [1.29, 1.82) is 0 Å². The minimum atomic E-state index is -3.86. The van der Waals surface area contributed by atoms with Crippen LogP contribution in [0.25, 0.3) is 0 Å². The Labute approximate surface area is 153 Å². The van der Waals surface area contributed by atoms with Crippen molar-refractivity contribution in [2.45, 2.75) is 31.2 Å². The summed E-state index contributed by atoms with van der Waals surface area (Å²) in [6, 6.07) is 6.46. The lowest BCUT2D eigenvalue weighted by Gasteiger charge is -2.25. The Morgan fingerprint density at radius 3 is 2.42 bits per heavy atom. The fraction of sp³-hybridized carbons (Fsp3) is 0.412. The maximum Gasteiger partial charge on any atom is 0.265 e. The summed E-state index contributed by atoms with van der Waals surface area (Å²) in [6.45, 7) is 4.93. The third-order valence-corrected chi connectivity index (χ3v) is 5.74. The van der Waals surface area contributed by atoms with E-state index in [2.05, 4.69) is 10.4 Å². The molecule has 0 aliphatic carbocycles. The van der Waals surface area contributed by atoms with Crippen molar-refractivity contribution in [2.75, 3.05) is 18.0 Å². The van der Waals surface area contributed by atoms with Gasteiger partial charge in [0.2, 0.25) is 0 Å². The largest absolute Gasteiger partial charge is 0.394 e. The average Bonchev–Trinajstić information content (AvgIpc) is 2.95. The van der Waals surface area contributed by atoms with Crippen molar-refractivity contribution in [3.8, 4) is 0 Å². The number of carbonyl (C=O) groups excluding carboxylic acids is 1. The van der Waals surface area contributed by atoms with E-state index in [1.54, 1.807) is 33.0 Å². The number of sulfonamides is 1. The normalized spacial score (nSPS) is 12.1. The van der Waals surface area contributed by atoms with Crippen LogP contribution in [0.4, 0.5) is 5.82 Å². The molecule has 0 unspecified atom stereocenters. The number of aliphatic hydroxyl groups is 1. The Balaban J connectivity index is 2.44. The highest BCUT2D eigenvalue weighted by molar-refractivity contribution is 7.92. The molecule has 0 saturated heterocycles. The molecule has 2 N–H and O–H groups in total. The molecule has 0 bridgehead atoms. The van der Waals surface area contributed by atoms with Crippen molar-refractivity contribution in [3.63, 3.8) is 0 Å². The second-order valence-electron chi connectivity index (χ2n) is 6.79. The molecule has 1 heterocycles. The number of aromatic nitrogens is 2. The number of benzene rings is 1. The van der Waals surface area contributed by atoms with Crippen LogP contribution < -0.4 is 9.62 Å². The van der Waals surface area contributed by atoms with E-state index in [9.17, 15) is 18.3 Å². The first kappa shape index (κ1) is 19.9. The van der Waals surface area contributed by atoms with E-state index in [0.29, 0.717) is 0 Å². The summed E-state index contributed by atoms with van der Waals surface area (Å²) in [7, 11) is -0.928. The van der Waals surface area contributed by atoms with Crippen molar-refractivity contribution >= 4 is 21.7 Å². The molecule has 0 aliphatic heterocycles. The molecule has 2 rings (SSSR count). The first-order valence-electron chi connectivity index (χ1n) is 8.00. The lowest BCUT2D eigenvalue weighted by Crippen LogP contribution is -2.46. The number of nitrogens with zero attached hydrogens (tertiary/aromatic N) is 3. The van der Waals surface area contributed by atoms with Crippen LogP contribution in [0.15, 0.2) is 35.4 Å². The summed E-state index contributed by atoms with van der Waals surface area (Å²) in [6.07, 6.45) is 1.30. The van der Waals surface area contributed by atoms with Gasteiger partial charge >= 0.3 is 0 Å². The van der Waals surface area contributed by atoms with Gasteiger partial charge < -0.3 is 10.4 Å². The highest BCUT2D eigenvalue weighted by Crippen LogP contribution is 2.25. The summed E-state index contributed by atoms with van der Waals surface area (Å²) < 4.78 is 28.2. The lowest BCUT2D eigenvalue weighted by atomic mass is 10.1. The van der Waals surface area contributed by atoms with Crippen molar-refractivity contribution in [1.82, 2.24) is 15.1 Å². The molecule has 2 aromatic rings. The molecule has 0 saturated carbocycles. The molecule has 0 spiro atoms. The van der Waals surface area contributed by atoms with E-state index < -0.39 is 21.5 Å². The summed E-state index contributed by atoms with van der Waals surface area (Å²) >= 11 is 0. The van der Waals surface area contributed by atoms with Gasteiger partial charge in [0.1, 0.15) is 5.56 Å². The number of amides is 1. The van der Waals surface area contributed by atoms with Gasteiger partial charge in [-0.1, -0.05) is 17.7 Å². The summed E-state index contributed by atoms with van der Waals surface area (Å²) in [4.78, 5) is 12.7. The van der Waals surface area contributed by atoms with Crippen molar-refractivity contribution in [3.05, 3.63) is 41.6 Å². The molecule has 0 aliphatic rings. The molecule has 9 heteroatoms. The second kappa shape index (κ2) is 7.08. The third-order valence-electron chi connectivity index (χ3n) is 3.98. The molecule has 142 valence electrons. The topological polar surface area (TPSA) is 105 Å². The number of nitrogens with one attached hydrogen (secondary N) is 1. The number of rotatable bonds is 6. The Hall–Kier alpha value is -2.39. The number of carbonyl (C=O) groups is 1. The summed E-state index contributed by atoms with van der Waals surface area (Å²) in [5.74, 6) is -0.380. The quantitative estimate of drug-likeness (QED) is 0.780. The van der Waals surface area contributed by atoms with Gasteiger partial charge in [-0.3, -0.25) is 13.8 Å². The van der Waals surface area contributed by atoms with Gasteiger partial charge in [0.05, 0.1) is 23.2 Å². The molecular weight excluding hydrogens is 356 g/mol. The van der Waals surface area contributed by atoms with Gasteiger partial charge in [-0.05, 0) is 32.9 Å². The number of anilines is 1. The van der Waals surface area contributed by atoms with E-state index >= 15 is 0 Å². The van der Waals surface area contributed by atoms with Gasteiger partial charge in [0, 0.05) is 14.1 Å². The molecule has 8 nitrogen and oxygen atoms in total. The maximum atomic E-state index is 12.9. The average molecular weight is 380 g/mol. The van der Waals surface area contributed by atoms with Crippen molar-refractivity contribution in [2.24, 2.45) is 7.05 Å². The number of aliphatic hydroxyl groups excluding tert-OH is 1. The highest BCUT2D eigenvalue weighted by atomic mass is 32.2. The van der Waals surface area contributed by atoms with Crippen LogP contribution >= 0.6 is 0 Å². The van der Waals surface area contributed by atoms with E-state index in [1.165, 1.54) is 30.1 Å². The molecule has 0 atom stereocenters. The molecule has 26 heavy (non-hydrogen) atoms. The maximum absolute atomic E-state index is 12.9. The second-order valence-corrected chi connectivity index (χ2v) is 8.76. The van der Waals surface area contributed by atoms with Gasteiger partial charge in [-0.2, -0.15) is 5.10 Å². The van der Waals surface area contributed by atoms with Gasteiger partial charge in [-0.15, -0.1) is 0 Å². The van der Waals surface area contributed by atoms with Crippen LogP contribution in [0.2, 0.25) is 0 Å². The minimum Gasteiger partial charge on any atom is -0.394 e. The standard InChI is InChI=1S/C17H24N4O4S/c1-12-6-8-13(9-7-12)26(24,25)21(5)16-14(10-18-20(16)4)15(23)19-17(2,3)11-22/h6-10,22H,11H2,1-5H3,(H,19,23). The first-order chi connectivity index (χ1) is 12.0. The Morgan fingerprint density at radius 1 is 1.31 bits per heavy atom. The summed E-state index contributed by atoms with van der Waals surface area (Å²) in [5, 5.41) is 16.0. The molecule has 1 aromatic carbocycles. The van der Waals surface area contributed by atoms with Crippen LogP contribution in [0.5, 0.6) is 0 Å². The van der Waals surface area contributed by atoms with Gasteiger partial charge in [0.15, 0.2) is 5.82 Å². The SMILES string of the molecule is Cc1ccc(S(=O)(=O)N(C)c2c(C(=O)NC(C)(C)CO)cnn2C)cc1. The molecule has 0 fully saturated rings. The smallest absolute Gasteiger partial charge is 0.265 e. The monoisotopic (exact) mass is 380 g/mol. The van der Waals surface area contributed by atoms with Gasteiger partial charge in [-0.25, -0.2) is 8.42 Å². The number of aryl methyl sites for hydroxylation is 2. The lowest BCUT2D eigenvalue weighted by molar-refractivity contribution is 0.0870. The molecule has 1 amide bonds. The van der Waals surface area contributed by atoms with Crippen molar-refractivity contribution < 1.29 is 18.3 Å². The summed E-state index contributed by atoms with van der Waals surface area (Å²) in [5.41, 5.74) is 0.198. The van der Waals surface area contributed by atoms with Crippen LogP contribution in [-0.2, 0) is 17.1 Å². The molecule has 0 radical (unpaired) electrons. The van der Waals surface area contributed by atoms with Crippen LogP contribution in [0.1, 0.15) is 29.8 Å². The number of hydrogen-bond acceptors (Lipinski definition) is 5. The Kier molecular flexibility index (Phi) is 5.43. The van der Waals surface area contributed by atoms with Crippen LogP contribution in [0.3, 0.4) is 0 Å². The molecular formula is C17H24N4O4S. The van der Waals surface area contributed by atoms with E-state index in [0.717, 1.165) is 9.87 Å². The fourth-order valence-electron chi connectivity index (χ4n) is 2.36. The molecule has 1 aromatic heterocycles. The predicted octanol–water partition coefficient (Wildman–Crippen LogP) is 1.05. The van der Waals surface area contributed by atoms with E-state index in [1.807, 2.05) is 6.92 Å². The highest BCUT2D eigenvalue weighted by Gasteiger charge is 2.30. The van der Waals surface area contributed by atoms with Crippen LogP contribution in [0, 0.1) is 6.92 Å². The minimum absolute atomic E-state index is 0.104. The van der Waals surface area contributed by atoms with E-state index in [-0.39, 0.29) is 22.9 Å². The Bertz CT molecular complexity index is 901. The fourth-order valence-corrected chi connectivity index (χ4v) is 3.60. The van der Waals surface area contributed by atoms with Crippen LogP contribution in [-0.4, -0.2) is 48.4 Å². The first-order valence-corrected chi connectivity index (χ1v) is 9.44. The number of hydrogen-bond donors (Lipinski definition) is 2. The predicted molar refractivity (Wildman–Crippen MR) is 98.6 cm³/mol. The third kappa shape index (κ3) is 3.88.